The van der Waals surface area contributed by atoms with Crippen molar-refractivity contribution >= 4 is 11.0 Å². The zero-order valence-corrected chi connectivity index (χ0v) is 10.6. The first-order chi connectivity index (χ1) is 8.81. The number of nitrogens with one attached hydrogen (secondary N) is 1. The van der Waals surface area contributed by atoms with Gasteiger partial charge in [-0.3, -0.25) is 4.98 Å². The Kier molecular flexibility index (Phi) is 3.21. The van der Waals surface area contributed by atoms with Crippen molar-refractivity contribution in [3.05, 3.63) is 36.2 Å². The standard InChI is InChI=1S/C14H18N4/c1-18-7-6-11(10-18)15-8-12-9-16-13-4-2-3-5-14(13)17-12/h2-5,9,11,15H,6-8,10H2,1H3. The van der Waals surface area contributed by atoms with E-state index in [0.29, 0.717) is 6.04 Å². The normalized spacial score (nSPS) is 20.6. The van der Waals surface area contributed by atoms with Gasteiger partial charge >= 0.3 is 0 Å². The number of likely N-dealkylation sites (tertiary alicyclic amines) is 1. The highest BCUT2D eigenvalue weighted by molar-refractivity contribution is 5.73. The van der Waals surface area contributed by atoms with Gasteiger partial charge in [-0.15, -0.1) is 0 Å². The molecule has 1 aliphatic rings. The van der Waals surface area contributed by atoms with Crippen molar-refractivity contribution in [2.24, 2.45) is 0 Å². The molecule has 2 heterocycles. The monoisotopic (exact) mass is 242 g/mol. The molecule has 1 aromatic heterocycles. The van der Waals surface area contributed by atoms with Crippen LogP contribution in [0.25, 0.3) is 11.0 Å². The fourth-order valence-electron chi connectivity index (χ4n) is 2.43. The summed E-state index contributed by atoms with van der Waals surface area (Å²) < 4.78 is 0. The average molecular weight is 242 g/mol. The number of benzene rings is 1. The molecule has 1 aromatic carbocycles. The lowest BCUT2D eigenvalue weighted by atomic mass is 10.2. The molecule has 1 N–H and O–H groups in total. The molecule has 0 amide bonds. The molecular formula is C14H18N4. The summed E-state index contributed by atoms with van der Waals surface area (Å²) in [4.78, 5) is 11.4. The molecule has 0 radical (unpaired) electrons. The summed E-state index contributed by atoms with van der Waals surface area (Å²) in [6.07, 6.45) is 3.09. The molecular weight excluding hydrogens is 224 g/mol. The highest BCUT2D eigenvalue weighted by atomic mass is 15.2. The molecule has 4 heteroatoms. The highest BCUT2D eigenvalue weighted by Crippen LogP contribution is 2.10. The van der Waals surface area contributed by atoms with Crippen LogP contribution in [0.5, 0.6) is 0 Å². The number of fused-ring (bicyclic) bond motifs is 1. The first kappa shape index (κ1) is 11.6. The molecule has 94 valence electrons. The summed E-state index contributed by atoms with van der Waals surface area (Å²) in [5, 5.41) is 3.55. The molecule has 3 rings (SSSR count). The summed E-state index contributed by atoms with van der Waals surface area (Å²) in [5.41, 5.74) is 2.95. The Balaban J connectivity index is 1.67. The van der Waals surface area contributed by atoms with Crippen molar-refractivity contribution < 1.29 is 0 Å². The van der Waals surface area contributed by atoms with Crippen LogP contribution in [0.15, 0.2) is 30.5 Å². The number of nitrogens with zero attached hydrogens (tertiary/aromatic N) is 3. The van der Waals surface area contributed by atoms with Gasteiger partial charge in [0.05, 0.1) is 22.9 Å². The van der Waals surface area contributed by atoms with Crippen molar-refractivity contribution in [3.63, 3.8) is 0 Å². The van der Waals surface area contributed by atoms with Crippen LogP contribution in [-0.2, 0) is 6.54 Å². The number of likely N-dealkylation sites (N-methyl/N-ethyl adjacent to an activating group) is 1. The van der Waals surface area contributed by atoms with Crippen LogP contribution in [0.1, 0.15) is 12.1 Å². The van der Waals surface area contributed by atoms with Crippen molar-refractivity contribution in [2.45, 2.75) is 19.0 Å². The van der Waals surface area contributed by atoms with Crippen LogP contribution in [0.2, 0.25) is 0 Å². The van der Waals surface area contributed by atoms with E-state index in [1.54, 1.807) is 0 Å². The number of rotatable bonds is 3. The molecule has 0 spiro atoms. The van der Waals surface area contributed by atoms with Crippen LogP contribution >= 0.6 is 0 Å². The highest BCUT2D eigenvalue weighted by Gasteiger charge is 2.18. The van der Waals surface area contributed by atoms with Gasteiger partial charge in [0.25, 0.3) is 0 Å². The van der Waals surface area contributed by atoms with Crippen LogP contribution in [-0.4, -0.2) is 41.0 Å². The molecule has 18 heavy (non-hydrogen) atoms. The lowest BCUT2D eigenvalue weighted by molar-refractivity contribution is 0.397. The van der Waals surface area contributed by atoms with Gasteiger partial charge in [0.15, 0.2) is 0 Å². The average Bonchev–Trinajstić information content (AvgIpc) is 2.82. The summed E-state index contributed by atoms with van der Waals surface area (Å²) in [5.74, 6) is 0. The van der Waals surface area contributed by atoms with E-state index in [1.165, 1.54) is 13.0 Å². The van der Waals surface area contributed by atoms with Gasteiger partial charge in [0.2, 0.25) is 0 Å². The first-order valence-electron chi connectivity index (χ1n) is 6.44. The maximum Gasteiger partial charge on any atom is 0.0890 e. The minimum Gasteiger partial charge on any atom is -0.307 e. The minimum absolute atomic E-state index is 0.586. The van der Waals surface area contributed by atoms with E-state index >= 15 is 0 Å². The molecule has 0 bridgehead atoms. The minimum atomic E-state index is 0.586. The van der Waals surface area contributed by atoms with E-state index in [9.17, 15) is 0 Å². The summed E-state index contributed by atoms with van der Waals surface area (Å²) >= 11 is 0. The molecule has 2 aromatic rings. The third-order valence-electron chi connectivity index (χ3n) is 3.46. The Morgan fingerprint density at radius 2 is 2.17 bits per heavy atom. The molecule has 0 saturated carbocycles. The number of hydrogen-bond acceptors (Lipinski definition) is 4. The van der Waals surface area contributed by atoms with Crippen LogP contribution < -0.4 is 5.32 Å². The second-order valence-electron chi connectivity index (χ2n) is 4.98. The Hall–Kier alpha value is -1.52. The molecule has 1 unspecified atom stereocenters. The predicted octanol–water partition coefficient (Wildman–Crippen LogP) is 1.42. The molecule has 1 saturated heterocycles. The summed E-state index contributed by atoms with van der Waals surface area (Å²) in [6.45, 7) is 3.11. The fraction of sp³-hybridized carbons (Fsp3) is 0.429. The molecule has 1 atom stereocenters. The number of para-hydroxylation sites is 2. The molecule has 1 aliphatic heterocycles. The topological polar surface area (TPSA) is 41.0 Å². The first-order valence-corrected chi connectivity index (χ1v) is 6.44. The van der Waals surface area contributed by atoms with Gasteiger partial charge in [0, 0.05) is 19.1 Å². The zero-order valence-electron chi connectivity index (χ0n) is 10.6. The smallest absolute Gasteiger partial charge is 0.0890 e. The summed E-state index contributed by atoms with van der Waals surface area (Å²) in [6, 6.07) is 8.58. The van der Waals surface area contributed by atoms with E-state index < -0.39 is 0 Å². The Bertz CT molecular complexity index is 540. The molecule has 1 fully saturated rings. The van der Waals surface area contributed by atoms with E-state index in [4.69, 9.17) is 0 Å². The van der Waals surface area contributed by atoms with Crippen molar-refractivity contribution in [2.75, 3.05) is 20.1 Å². The third-order valence-corrected chi connectivity index (χ3v) is 3.46. The van der Waals surface area contributed by atoms with Crippen LogP contribution in [0.4, 0.5) is 0 Å². The predicted molar refractivity (Wildman–Crippen MR) is 72.3 cm³/mol. The van der Waals surface area contributed by atoms with E-state index in [-0.39, 0.29) is 0 Å². The second kappa shape index (κ2) is 5.00. The van der Waals surface area contributed by atoms with Crippen LogP contribution in [0, 0.1) is 0 Å². The van der Waals surface area contributed by atoms with Gasteiger partial charge < -0.3 is 10.2 Å². The zero-order chi connectivity index (χ0) is 12.4. The maximum absolute atomic E-state index is 4.62. The second-order valence-corrected chi connectivity index (χ2v) is 4.98. The van der Waals surface area contributed by atoms with Gasteiger partial charge in [-0.05, 0) is 32.1 Å². The van der Waals surface area contributed by atoms with Crippen molar-refractivity contribution in [1.29, 1.82) is 0 Å². The molecule has 0 aliphatic carbocycles. The SMILES string of the molecule is CN1CCC(NCc2cnc3ccccc3n2)C1. The Morgan fingerprint density at radius 1 is 1.33 bits per heavy atom. The lowest BCUT2D eigenvalue weighted by Gasteiger charge is -2.12. The van der Waals surface area contributed by atoms with Crippen molar-refractivity contribution in [3.8, 4) is 0 Å². The van der Waals surface area contributed by atoms with Gasteiger partial charge in [-0.1, -0.05) is 12.1 Å². The quantitative estimate of drug-likeness (QED) is 0.884. The van der Waals surface area contributed by atoms with Gasteiger partial charge in [-0.25, -0.2) is 4.98 Å². The van der Waals surface area contributed by atoms with E-state index in [0.717, 1.165) is 29.8 Å². The number of aromatic nitrogens is 2. The largest absolute Gasteiger partial charge is 0.307 e. The van der Waals surface area contributed by atoms with Crippen LogP contribution in [0.3, 0.4) is 0 Å². The van der Waals surface area contributed by atoms with Gasteiger partial charge in [-0.2, -0.15) is 0 Å². The maximum atomic E-state index is 4.62. The fourth-order valence-corrected chi connectivity index (χ4v) is 2.43. The van der Waals surface area contributed by atoms with E-state index in [1.807, 2.05) is 30.5 Å². The van der Waals surface area contributed by atoms with Gasteiger partial charge in [0.1, 0.15) is 0 Å². The lowest BCUT2D eigenvalue weighted by Crippen LogP contribution is -2.31. The third kappa shape index (κ3) is 2.49. The Morgan fingerprint density at radius 3 is 2.94 bits per heavy atom. The van der Waals surface area contributed by atoms with Crippen molar-refractivity contribution in [1.82, 2.24) is 20.2 Å². The Labute approximate surface area is 107 Å². The molecule has 4 nitrogen and oxygen atoms in total. The number of hydrogen-bond donors (Lipinski definition) is 1. The summed E-state index contributed by atoms with van der Waals surface area (Å²) in [7, 11) is 2.16. The van der Waals surface area contributed by atoms with E-state index in [2.05, 4.69) is 27.2 Å².